The van der Waals surface area contributed by atoms with Gasteiger partial charge in [-0.05, 0) is 29.7 Å². The molecule has 4 nitrogen and oxygen atoms in total. The van der Waals surface area contributed by atoms with Gasteiger partial charge in [0.1, 0.15) is 12.4 Å². The zero-order valence-corrected chi connectivity index (χ0v) is 14.5. The van der Waals surface area contributed by atoms with E-state index in [1.54, 1.807) is 36.2 Å². The summed E-state index contributed by atoms with van der Waals surface area (Å²) in [6, 6.07) is 6.61. The molecule has 120 valence electrons. The van der Waals surface area contributed by atoms with Gasteiger partial charge in [-0.2, -0.15) is 0 Å². The van der Waals surface area contributed by atoms with Crippen molar-refractivity contribution in [3.8, 4) is 5.75 Å². The van der Waals surface area contributed by atoms with Crippen LogP contribution in [0.25, 0.3) is 0 Å². The summed E-state index contributed by atoms with van der Waals surface area (Å²) in [5.41, 5.74) is 5.70. The van der Waals surface area contributed by atoms with E-state index in [0.29, 0.717) is 18.2 Å². The molecule has 0 unspecified atom stereocenters. The lowest BCUT2D eigenvalue weighted by molar-refractivity contribution is -0.133. The second-order valence-electron chi connectivity index (χ2n) is 5.91. The van der Waals surface area contributed by atoms with E-state index in [2.05, 4.69) is 0 Å². The summed E-state index contributed by atoms with van der Waals surface area (Å²) in [4.78, 5) is 13.7. The Morgan fingerprint density at radius 2 is 1.86 bits per heavy atom. The molecule has 0 aliphatic carbocycles. The molecule has 0 fully saturated rings. The maximum atomic E-state index is 12.1. The Morgan fingerprint density at radius 1 is 1.33 bits per heavy atom. The van der Waals surface area contributed by atoms with Gasteiger partial charge in [0.2, 0.25) is 5.91 Å². The quantitative estimate of drug-likeness (QED) is 0.900. The van der Waals surface area contributed by atoms with Gasteiger partial charge in [0.05, 0.1) is 12.6 Å². The molecule has 0 spiro atoms. The van der Waals surface area contributed by atoms with Crippen LogP contribution >= 0.6 is 24.0 Å². The number of nitrogens with two attached hydrogens (primary N) is 1. The highest BCUT2D eigenvalue weighted by Gasteiger charge is 2.29. The molecule has 1 amide bonds. The number of hydrogen-bond acceptors (Lipinski definition) is 3. The average molecular weight is 335 g/mol. The predicted molar refractivity (Wildman–Crippen MR) is 89.3 cm³/mol. The van der Waals surface area contributed by atoms with Crippen molar-refractivity contribution >= 4 is 29.9 Å². The van der Waals surface area contributed by atoms with Gasteiger partial charge in [-0.3, -0.25) is 4.79 Å². The van der Waals surface area contributed by atoms with E-state index in [1.807, 2.05) is 20.8 Å². The molecule has 1 atom stereocenters. The highest BCUT2D eigenvalue weighted by molar-refractivity contribution is 6.30. The van der Waals surface area contributed by atoms with Crippen LogP contribution in [0.5, 0.6) is 5.75 Å². The van der Waals surface area contributed by atoms with Crippen LogP contribution in [-0.2, 0) is 4.79 Å². The van der Waals surface area contributed by atoms with E-state index in [9.17, 15) is 4.79 Å². The van der Waals surface area contributed by atoms with Crippen LogP contribution in [0, 0.1) is 5.41 Å². The predicted octanol–water partition coefficient (Wildman–Crippen LogP) is 2.97. The number of carbonyl (C=O) groups excluding carboxylic acids is 1. The molecule has 0 saturated heterocycles. The lowest BCUT2D eigenvalue weighted by atomic mass is 9.86. The first kappa shape index (κ1) is 20.0. The topological polar surface area (TPSA) is 55.6 Å². The number of nitrogens with zero attached hydrogens (tertiary/aromatic N) is 1. The zero-order chi connectivity index (χ0) is 15.3. The third-order valence-electron chi connectivity index (χ3n) is 3.08. The molecule has 1 aromatic rings. The van der Waals surface area contributed by atoms with Crippen molar-refractivity contribution < 1.29 is 9.53 Å². The highest BCUT2D eigenvalue weighted by atomic mass is 35.5. The zero-order valence-electron chi connectivity index (χ0n) is 12.9. The number of ether oxygens (including phenoxy) is 1. The molecular weight excluding hydrogens is 311 g/mol. The molecule has 0 aliphatic rings. The normalized spacial score (nSPS) is 12.3. The fourth-order valence-corrected chi connectivity index (χ4v) is 1.68. The molecule has 1 aromatic carbocycles. The van der Waals surface area contributed by atoms with Crippen molar-refractivity contribution in [2.24, 2.45) is 11.1 Å². The van der Waals surface area contributed by atoms with Gasteiger partial charge < -0.3 is 15.4 Å². The lowest BCUT2D eigenvalue weighted by Crippen LogP contribution is -2.49. The first-order valence-electron chi connectivity index (χ1n) is 6.61. The smallest absolute Gasteiger partial charge is 0.239 e. The van der Waals surface area contributed by atoms with Crippen molar-refractivity contribution in [2.45, 2.75) is 26.8 Å². The minimum absolute atomic E-state index is 0. The van der Waals surface area contributed by atoms with E-state index in [0.717, 1.165) is 5.75 Å². The molecule has 0 bridgehead atoms. The number of hydrogen-bond donors (Lipinski definition) is 1. The highest BCUT2D eigenvalue weighted by Crippen LogP contribution is 2.19. The van der Waals surface area contributed by atoms with Crippen LogP contribution in [-0.4, -0.2) is 37.0 Å². The number of likely N-dealkylation sites (N-methyl/N-ethyl adjacent to an activating group) is 1. The second-order valence-corrected chi connectivity index (χ2v) is 6.34. The van der Waals surface area contributed by atoms with Crippen LogP contribution in [0.15, 0.2) is 24.3 Å². The van der Waals surface area contributed by atoms with E-state index in [4.69, 9.17) is 22.1 Å². The van der Waals surface area contributed by atoms with Crippen molar-refractivity contribution in [2.75, 3.05) is 20.2 Å². The third-order valence-corrected chi connectivity index (χ3v) is 3.34. The van der Waals surface area contributed by atoms with E-state index < -0.39 is 6.04 Å². The van der Waals surface area contributed by atoms with Gasteiger partial charge in [0.15, 0.2) is 0 Å². The first-order chi connectivity index (χ1) is 9.21. The summed E-state index contributed by atoms with van der Waals surface area (Å²) in [7, 11) is 1.74. The number of benzene rings is 1. The number of amides is 1. The molecule has 0 radical (unpaired) electrons. The summed E-state index contributed by atoms with van der Waals surface area (Å²) in [5.74, 6) is 0.660. The average Bonchev–Trinajstić information content (AvgIpc) is 2.38. The maximum Gasteiger partial charge on any atom is 0.239 e. The van der Waals surface area contributed by atoms with Crippen molar-refractivity contribution in [1.82, 2.24) is 4.90 Å². The standard InChI is InChI=1S/C15H23ClN2O2.ClH/c1-15(2,3)13(17)14(19)18(4)9-10-20-12-7-5-11(16)6-8-12;/h5-8,13H,9-10,17H2,1-4H3;1H/t13-;/m1./s1. The van der Waals surface area contributed by atoms with Gasteiger partial charge in [-0.25, -0.2) is 0 Å². The minimum Gasteiger partial charge on any atom is -0.492 e. The van der Waals surface area contributed by atoms with Crippen LogP contribution in [0.3, 0.4) is 0 Å². The molecule has 21 heavy (non-hydrogen) atoms. The Kier molecular flexibility index (Phi) is 8.08. The second kappa shape index (κ2) is 8.47. The monoisotopic (exact) mass is 334 g/mol. The van der Waals surface area contributed by atoms with Crippen LogP contribution in [0.1, 0.15) is 20.8 Å². The van der Waals surface area contributed by atoms with Crippen molar-refractivity contribution in [1.29, 1.82) is 0 Å². The summed E-state index contributed by atoms with van der Waals surface area (Å²) in [5, 5.41) is 0.667. The Bertz CT molecular complexity index is 444. The van der Waals surface area contributed by atoms with Gasteiger partial charge in [0, 0.05) is 12.1 Å². The molecule has 6 heteroatoms. The number of rotatable bonds is 5. The lowest BCUT2D eigenvalue weighted by Gasteiger charge is -2.29. The molecular formula is C15H24Cl2N2O2. The molecule has 1 rings (SSSR count). The summed E-state index contributed by atoms with van der Waals surface area (Å²) in [6.45, 7) is 6.76. The van der Waals surface area contributed by atoms with Crippen molar-refractivity contribution in [3.63, 3.8) is 0 Å². The van der Waals surface area contributed by atoms with E-state index >= 15 is 0 Å². The fourth-order valence-electron chi connectivity index (χ4n) is 1.55. The largest absolute Gasteiger partial charge is 0.492 e. The number of carbonyl (C=O) groups is 1. The molecule has 0 saturated carbocycles. The summed E-state index contributed by atoms with van der Waals surface area (Å²) < 4.78 is 5.55. The summed E-state index contributed by atoms with van der Waals surface area (Å²) >= 11 is 5.79. The van der Waals surface area contributed by atoms with Crippen LogP contribution < -0.4 is 10.5 Å². The SMILES string of the molecule is CN(CCOc1ccc(Cl)cc1)C(=O)[C@@H](N)C(C)(C)C.Cl. The number of halogens is 2. The van der Waals surface area contributed by atoms with E-state index in [1.165, 1.54) is 0 Å². The Morgan fingerprint density at radius 3 is 2.33 bits per heavy atom. The molecule has 0 heterocycles. The fraction of sp³-hybridized carbons (Fsp3) is 0.533. The Labute approximate surface area is 138 Å². The van der Waals surface area contributed by atoms with E-state index in [-0.39, 0.29) is 23.7 Å². The first-order valence-corrected chi connectivity index (χ1v) is 6.98. The van der Waals surface area contributed by atoms with Gasteiger partial charge in [-0.1, -0.05) is 32.4 Å². The molecule has 2 N–H and O–H groups in total. The van der Waals surface area contributed by atoms with Gasteiger partial charge in [-0.15, -0.1) is 12.4 Å². The molecule has 0 aromatic heterocycles. The third kappa shape index (κ3) is 6.55. The molecule has 0 aliphatic heterocycles. The maximum absolute atomic E-state index is 12.1. The van der Waals surface area contributed by atoms with Gasteiger partial charge >= 0.3 is 0 Å². The summed E-state index contributed by atoms with van der Waals surface area (Å²) in [6.07, 6.45) is 0. The minimum atomic E-state index is -0.511. The van der Waals surface area contributed by atoms with Crippen molar-refractivity contribution in [3.05, 3.63) is 29.3 Å². The Hall–Kier alpha value is -0.970. The van der Waals surface area contributed by atoms with Crippen LogP contribution in [0.2, 0.25) is 5.02 Å². The van der Waals surface area contributed by atoms with Gasteiger partial charge in [0.25, 0.3) is 0 Å². The van der Waals surface area contributed by atoms with Crippen LogP contribution in [0.4, 0.5) is 0 Å². The Balaban J connectivity index is 0.00000400.